The van der Waals surface area contributed by atoms with Crippen molar-refractivity contribution in [2.45, 2.75) is 44.9 Å². The van der Waals surface area contributed by atoms with Crippen LogP contribution in [0, 0.1) is 0 Å². The summed E-state index contributed by atoms with van der Waals surface area (Å²) in [6, 6.07) is 13.8. The number of hydrogen-bond acceptors (Lipinski definition) is 8. The number of piperazine rings is 1. The van der Waals surface area contributed by atoms with Crippen molar-refractivity contribution in [3.05, 3.63) is 70.9 Å². The lowest BCUT2D eigenvalue weighted by Crippen LogP contribution is -2.47. The van der Waals surface area contributed by atoms with Crippen LogP contribution in [0.25, 0.3) is 0 Å². The van der Waals surface area contributed by atoms with Gasteiger partial charge in [0.15, 0.2) is 0 Å². The van der Waals surface area contributed by atoms with E-state index in [2.05, 4.69) is 15.3 Å². The van der Waals surface area contributed by atoms with Gasteiger partial charge in [-0.3, -0.25) is 9.59 Å². The highest BCUT2D eigenvalue weighted by Gasteiger charge is 2.30. The summed E-state index contributed by atoms with van der Waals surface area (Å²) in [4.78, 5) is 28.4. The Kier molecular flexibility index (Phi) is 10.3. The molecule has 13 heteroatoms. The van der Waals surface area contributed by atoms with Crippen molar-refractivity contribution >= 4 is 27.7 Å². The van der Waals surface area contributed by atoms with Crippen LogP contribution in [-0.2, 0) is 34.5 Å². The number of carbonyl (C=O) groups excluding carboxylic acids is 2. The number of aryl methyl sites for hydroxylation is 1. The quantitative estimate of drug-likeness (QED) is 0.305. The molecule has 2 aromatic carbocycles. The number of benzene rings is 2. The number of nitrogens with two attached hydrogens (primary N) is 1. The molecule has 0 bridgehead atoms. The minimum atomic E-state index is -3.85. The molecule has 1 saturated heterocycles. The first kappa shape index (κ1) is 31.2. The maximum atomic E-state index is 13.7. The van der Waals surface area contributed by atoms with Crippen LogP contribution in [0.3, 0.4) is 0 Å². The fourth-order valence-corrected chi connectivity index (χ4v) is 6.14. The van der Waals surface area contributed by atoms with Crippen LogP contribution in [0.15, 0.2) is 53.4 Å². The normalized spacial score (nSPS) is 14.5. The van der Waals surface area contributed by atoms with Gasteiger partial charge < -0.3 is 25.4 Å². The first-order valence-electron chi connectivity index (χ1n) is 13.9. The van der Waals surface area contributed by atoms with Crippen LogP contribution in [-0.4, -0.2) is 79.1 Å². The first-order valence-corrected chi connectivity index (χ1v) is 15.4. The largest absolute Gasteiger partial charge is 0.493 e. The fraction of sp³-hybridized carbons (Fsp3) is 0.414. The first-order chi connectivity index (χ1) is 20.1. The number of aromatic nitrogens is 2. The van der Waals surface area contributed by atoms with Crippen molar-refractivity contribution in [1.82, 2.24) is 19.0 Å². The number of amides is 2. The molecule has 0 aliphatic carbocycles. The zero-order valence-electron chi connectivity index (χ0n) is 24.2. The van der Waals surface area contributed by atoms with E-state index in [-0.39, 0.29) is 40.8 Å². The number of likely N-dealkylation sites (N-methyl/N-ethyl adjacent to an activating group) is 1. The highest BCUT2D eigenvalue weighted by molar-refractivity contribution is 7.89. The summed E-state index contributed by atoms with van der Waals surface area (Å²) >= 11 is 0. The number of nitrogens with one attached hydrogen (secondary N) is 1. The minimum absolute atomic E-state index is 0.00427. The van der Waals surface area contributed by atoms with E-state index in [1.165, 1.54) is 27.2 Å². The highest BCUT2D eigenvalue weighted by atomic mass is 32.2. The van der Waals surface area contributed by atoms with Gasteiger partial charge in [0.25, 0.3) is 11.8 Å². The molecule has 226 valence electrons. The van der Waals surface area contributed by atoms with Gasteiger partial charge in [0.05, 0.1) is 30.3 Å². The zero-order valence-corrected chi connectivity index (χ0v) is 25.0. The predicted molar refractivity (Wildman–Crippen MR) is 158 cm³/mol. The Morgan fingerprint density at radius 1 is 1.02 bits per heavy atom. The Bertz CT molecular complexity index is 1500. The van der Waals surface area contributed by atoms with Crippen LogP contribution in [0.1, 0.15) is 52.2 Å². The Labute approximate surface area is 246 Å². The van der Waals surface area contributed by atoms with E-state index >= 15 is 0 Å². The van der Waals surface area contributed by atoms with Crippen molar-refractivity contribution < 1.29 is 27.5 Å². The lowest BCUT2D eigenvalue weighted by Gasteiger charge is -2.31. The smallest absolute Gasteiger partial charge is 0.260 e. The molecule has 2 amide bonds. The molecule has 4 rings (SSSR count). The molecule has 0 spiro atoms. The summed E-state index contributed by atoms with van der Waals surface area (Å²) in [5.74, 6) is -1.11. The van der Waals surface area contributed by atoms with Gasteiger partial charge in [0.1, 0.15) is 22.8 Å². The second kappa shape index (κ2) is 13.9. The summed E-state index contributed by atoms with van der Waals surface area (Å²) in [7, 11) is -1.91. The predicted octanol–water partition coefficient (Wildman–Crippen LogP) is 2.70. The highest BCUT2D eigenvalue weighted by Crippen LogP contribution is 2.28. The summed E-state index contributed by atoms with van der Waals surface area (Å²) in [6.45, 7) is 6.56. The number of anilines is 1. The standard InChI is InChI=1S/C29H38N6O6S/c1-4-13-35-28(26(27(30)36)24(32-35)20-40-19-21-9-7-6-8-10-21)31-29(37)23-18-22(11-12-25(23)41-5-2)42(38,39)34-16-14-33(3)15-17-34/h6-12,18H,4-5,13-17,19-20H2,1-3H3,(H2,30,36)(H,31,37). The molecule has 1 aliphatic rings. The van der Waals surface area contributed by atoms with Gasteiger partial charge in [0, 0.05) is 32.7 Å². The van der Waals surface area contributed by atoms with Crippen LogP contribution >= 0.6 is 0 Å². The van der Waals surface area contributed by atoms with E-state index in [0.717, 1.165) is 5.56 Å². The molecule has 1 aromatic heterocycles. The van der Waals surface area contributed by atoms with Crippen LogP contribution in [0.2, 0.25) is 0 Å². The summed E-state index contributed by atoms with van der Waals surface area (Å²) in [6.07, 6.45) is 0.663. The molecule has 12 nitrogen and oxygen atoms in total. The van der Waals surface area contributed by atoms with Gasteiger partial charge in [0.2, 0.25) is 10.0 Å². The molecular weight excluding hydrogens is 560 g/mol. The maximum Gasteiger partial charge on any atom is 0.260 e. The number of rotatable bonds is 13. The van der Waals surface area contributed by atoms with E-state index < -0.39 is 21.8 Å². The topological polar surface area (TPSA) is 149 Å². The summed E-state index contributed by atoms with van der Waals surface area (Å²) in [5.41, 5.74) is 7.04. The number of primary amides is 1. The molecule has 1 fully saturated rings. The second-order valence-electron chi connectivity index (χ2n) is 9.99. The molecular formula is C29H38N6O6S. The molecule has 2 heterocycles. The molecule has 1 aliphatic heterocycles. The average Bonchev–Trinajstić information content (AvgIpc) is 3.30. The minimum Gasteiger partial charge on any atom is -0.493 e. The zero-order chi connectivity index (χ0) is 30.3. The summed E-state index contributed by atoms with van der Waals surface area (Å²) in [5, 5.41) is 7.28. The molecule has 3 N–H and O–H groups in total. The van der Waals surface area contributed by atoms with Crippen LogP contribution in [0.4, 0.5) is 5.82 Å². The van der Waals surface area contributed by atoms with E-state index in [4.69, 9.17) is 15.2 Å². The Balaban J connectivity index is 1.64. The maximum absolute atomic E-state index is 13.7. The van der Waals surface area contributed by atoms with Gasteiger partial charge in [-0.1, -0.05) is 37.3 Å². The molecule has 42 heavy (non-hydrogen) atoms. The van der Waals surface area contributed by atoms with Gasteiger partial charge in [-0.25, -0.2) is 13.1 Å². The van der Waals surface area contributed by atoms with Crippen LogP contribution < -0.4 is 15.8 Å². The lowest BCUT2D eigenvalue weighted by atomic mass is 10.1. The van der Waals surface area contributed by atoms with E-state index in [1.54, 1.807) is 6.92 Å². The Hall–Kier alpha value is -3.78. The Morgan fingerprint density at radius 2 is 1.74 bits per heavy atom. The average molecular weight is 599 g/mol. The van der Waals surface area contributed by atoms with Gasteiger partial charge >= 0.3 is 0 Å². The van der Waals surface area contributed by atoms with E-state index in [1.807, 2.05) is 44.3 Å². The third kappa shape index (κ3) is 7.16. The van der Waals surface area contributed by atoms with Crippen molar-refractivity contribution in [2.24, 2.45) is 5.73 Å². The molecule has 0 saturated carbocycles. The molecule has 0 radical (unpaired) electrons. The van der Waals surface area contributed by atoms with Crippen LogP contribution in [0.5, 0.6) is 5.75 Å². The lowest BCUT2D eigenvalue weighted by molar-refractivity contribution is 0.0959. The van der Waals surface area contributed by atoms with Crippen molar-refractivity contribution in [2.75, 3.05) is 45.2 Å². The van der Waals surface area contributed by atoms with Crippen molar-refractivity contribution in [1.29, 1.82) is 0 Å². The number of carbonyl (C=O) groups is 2. The van der Waals surface area contributed by atoms with Crippen molar-refractivity contribution in [3.63, 3.8) is 0 Å². The fourth-order valence-electron chi connectivity index (χ4n) is 4.69. The van der Waals surface area contributed by atoms with Gasteiger partial charge in [-0.05, 0) is 44.2 Å². The summed E-state index contributed by atoms with van der Waals surface area (Å²) < 4.78 is 41.3. The number of ether oxygens (including phenoxy) is 2. The van der Waals surface area contributed by atoms with E-state index in [0.29, 0.717) is 51.4 Å². The van der Waals surface area contributed by atoms with E-state index in [9.17, 15) is 18.0 Å². The monoisotopic (exact) mass is 598 g/mol. The Morgan fingerprint density at radius 3 is 2.38 bits per heavy atom. The SMILES string of the molecule is CCCn1nc(COCc2ccccc2)c(C(N)=O)c1NC(=O)c1cc(S(=O)(=O)N2CCN(C)CC2)ccc1OCC. The third-order valence-electron chi connectivity index (χ3n) is 6.88. The second-order valence-corrected chi connectivity index (χ2v) is 11.9. The molecule has 0 atom stereocenters. The van der Waals surface area contributed by atoms with Crippen molar-refractivity contribution in [3.8, 4) is 5.75 Å². The number of hydrogen-bond donors (Lipinski definition) is 2. The molecule has 3 aromatic rings. The third-order valence-corrected chi connectivity index (χ3v) is 8.78. The number of sulfonamides is 1. The number of nitrogens with zero attached hydrogens (tertiary/aromatic N) is 4. The molecule has 0 unspecified atom stereocenters. The van der Waals surface area contributed by atoms with Gasteiger partial charge in [-0.15, -0.1) is 0 Å². The van der Waals surface area contributed by atoms with Gasteiger partial charge in [-0.2, -0.15) is 9.40 Å².